The third kappa shape index (κ3) is 4.41. The van der Waals surface area contributed by atoms with Crippen molar-refractivity contribution in [2.24, 2.45) is 5.14 Å². The average molecular weight is 257 g/mol. The van der Waals surface area contributed by atoms with Gasteiger partial charge in [-0.1, -0.05) is 18.2 Å². The summed E-state index contributed by atoms with van der Waals surface area (Å²) < 4.78 is 24.1. The van der Waals surface area contributed by atoms with Crippen LogP contribution in [0.2, 0.25) is 0 Å². The van der Waals surface area contributed by atoms with Crippen LogP contribution in [0.5, 0.6) is 0 Å². The Morgan fingerprint density at radius 2 is 2.00 bits per heavy atom. The molecular formula is C10H15N3O3S. The molecule has 0 unspecified atom stereocenters. The molecule has 0 saturated carbocycles. The van der Waals surface area contributed by atoms with Crippen molar-refractivity contribution in [3.05, 3.63) is 29.8 Å². The molecule has 7 heteroatoms. The smallest absolute Gasteiger partial charge is 0.296 e. The normalized spacial score (nSPS) is 11.0. The van der Waals surface area contributed by atoms with Gasteiger partial charge in [-0.2, -0.15) is 8.42 Å². The lowest BCUT2D eigenvalue weighted by Gasteiger charge is -2.17. The number of nitrogens with two attached hydrogens (primary N) is 1. The molecule has 94 valence electrons. The van der Waals surface area contributed by atoms with Gasteiger partial charge in [-0.15, -0.1) is 0 Å². The van der Waals surface area contributed by atoms with Crippen LogP contribution in [-0.4, -0.2) is 26.3 Å². The molecule has 0 aliphatic rings. The van der Waals surface area contributed by atoms with Crippen LogP contribution < -0.4 is 9.86 Å². The van der Waals surface area contributed by atoms with Gasteiger partial charge < -0.3 is 4.90 Å². The number of nitrogens with one attached hydrogen (secondary N) is 1. The first kappa shape index (κ1) is 13.5. The Morgan fingerprint density at radius 3 is 2.53 bits per heavy atom. The van der Waals surface area contributed by atoms with Gasteiger partial charge >= 0.3 is 0 Å². The van der Waals surface area contributed by atoms with E-state index in [1.54, 1.807) is 31.3 Å². The third-order valence-corrected chi connectivity index (χ3v) is 2.72. The van der Waals surface area contributed by atoms with Crippen LogP contribution in [0, 0.1) is 0 Å². The average Bonchev–Trinajstić information content (AvgIpc) is 2.18. The molecular weight excluding hydrogens is 242 g/mol. The highest BCUT2D eigenvalue weighted by Gasteiger charge is 2.10. The van der Waals surface area contributed by atoms with Gasteiger partial charge in [-0.05, 0) is 11.6 Å². The monoisotopic (exact) mass is 257 g/mol. The predicted octanol–water partition coefficient (Wildman–Crippen LogP) is 0.280. The number of anilines is 1. The summed E-state index contributed by atoms with van der Waals surface area (Å²) in [5.41, 5.74) is 1.06. The van der Waals surface area contributed by atoms with E-state index in [0.717, 1.165) is 0 Å². The molecule has 0 bridgehead atoms. The van der Waals surface area contributed by atoms with Crippen LogP contribution >= 0.6 is 0 Å². The zero-order chi connectivity index (χ0) is 13.1. The summed E-state index contributed by atoms with van der Waals surface area (Å²) in [6, 6.07) is 6.77. The van der Waals surface area contributed by atoms with Gasteiger partial charge in [0.2, 0.25) is 5.91 Å². The van der Waals surface area contributed by atoms with Crippen LogP contribution in [-0.2, 0) is 21.5 Å². The summed E-state index contributed by atoms with van der Waals surface area (Å²) in [6.45, 7) is 1.75. The van der Waals surface area contributed by atoms with Crippen LogP contribution in [0.15, 0.2) is 24.3 Å². The molecule has 1 amide bonds. The molecule has 1 rings (SSSR count). The Labute approximate surface area is 101 Å². The van der Waals surface area contributed by atoms with E-state index < -0.39 is 10.2 Å². The highest BCUT2D eigenvalue weighted by atomic mass is 32.2. The lowest BCUT2D eigenvalue weighted by molar-refractivity contribution is -0.128. The van der Waals surface area contributed by atoms with Gasteiger partial charge in [-0.25, -0.2) is 5.14 Å². The van der Waals surface area contributed by atoms with Crippen molar-refractivity contribution in [2.45, 2.75) is 13.5 Å². The van der Waals surface area contributed by atoms with E-state index >= 15 is 0 Å². The minimum atomic E-state index is -3.81. The highest BCUT2D eigenvalue weighted by molar-refractivity contribution is 7.90. The number of carbonyl (C=O) groups excluding carboxylic acids is 1. The maximum atomic E-state index is 11.1. The zero-order valence-corrected chi connectivity index (χ0v) is 10.5. The van der Waals surface area contributed by atoms with Crippen molar-refractivity contribution in [1.82, 2.24) is 4.90 Å². The van der Waals surface area contributed by atoms with Gasteiger partial charge in [0.1, 0.15) is 0 Å². The maximum absolute atomic E-state index is 11.1. The SMILES string of the molecule is CC(=O)N(C)Cc1ccccc1NS(N)(=O)=O. The number of hydrogen-bond acceptors (Lipinski definition) is 3. The van der Waals surface area contributed by atoms with Crippen molar-refractivity contribution in [1.29, 1.82) is 0 Å². The second-order valence-electron chi connectivity index (χ2n) is 3.68. The number of carbonyl (C=O) groups is 1. The van der Waals surface area contributed by atoms with Gasteiger partial charge in [0.05, 0.1) is 5.69 Å². The van der Waals surface area contributed by atoms with Crippen molar-refractivity contribution in [3.63, 3.8) is 0 Å². The molecule has 0 aromatic heterocycles. The van der Waals surface area contributed by atoms with E-state index in [-0.39, 0.29) is 5.91 Å². The summed E-state index contributed by atoms with van der Waals surface area (Å²) >= 11 is 0. The van der Waals surface area contributed by atoms with E-state index in [1.807, 2.05) is 0 Å². The summed E-state index contributed by atoms with van der Waals surface area (Å²) in [5.74, 6) is -0.101. The molecule has 0 aliphatic heterocycles. The molecule has 0 saturated heterocycles. The topological polar surface area (TPSA) is 92.5 Å². The Hall–Kier alpha value is -1.60. The number of rotatable bonds is 4. The molecule has 3 N–H and O–H groups in total. The molecule has 17 heavy (non-hydrogen) atoms. The van der Waals surface area contributed by atoms with E-state index in [1.165, 1.54) is 11.8 Å². The molecule has 0 radical (unpaired) electrons. The molecule has 0 heterocycles. The zero-order valence-electron chi connectivity index (χ0n) is 9.67. The first-order valence-electron chi connectivity index (χ1n) is 4.90. The van der Waals surface area contributed by atoms with Crippen LogP contribution in [0.4, 0.5) is 5.69 Å². The number of nitrogens with zero attached hydrogens (tertiary/aromatic N) is 1. The Morgan fingerprint density at radius 1 is 1.41 bits per heavy atom. The summed E-state index contributed by atoms with van der Waals surface area (Å²) in [4.78, 5) is 12.6. The Bertz CT molecular complexity index is 513. The minimum absolute atomic E-state index is 0.101. The van der Waals surface area contributed by atoms with E-state index in [9.17, 15) is 13.2 Å². The molecule has 0 spiro atoms. The van der Waals surface area contributed by atoms with Crippen molar-refractivity contribution >= 4 is 21.8 Å². The maximum Gasteiger partial charge on any atom is 0.296 e. The van der Waals surface area contributed by atoms with Gasteiger partial charge in [0.15, 0.2) is 0 Å². The van der Waals surface area contributed by atoms with Crippen molar-refractivity contribution in [2.75, 3.05) is 11.8 Å². The van der Waals surface area contributed by atoms with Crippen LogP contribution in [0.1, 0.15) is 12.5 Å². The van der Waals surface area contributed by atoms with Gasteiger partial charge in [0.25, 0.3) is 10.2 Å². The summed E-state index contributed by atoms with van der Waals surface area (Å²) in [7, 11) is -2.17. The predicted molar refractivity (Wildman–Crippen MR) is 65.3 cm³/mol. The fourth-order valence-corrected chi connectivity index (χ4v) is 1.78. The molecule has 0 fully saturated rings. The minimum Gasteiger partial charge on any atom is -0.342 e. The van der Waals surface area contributed by atoms with E-state index in [0.29, 0.717) is 17.8 Å². The number of hydrogen-bond donors (Lipinski definition) is 2. The summed E-state index contributed by atoms with van der Waals surface area (Å²) in [5, 5.41) is 4.91. The second kappa shape index (κ2) is 5.15. The third-order valence-electron chi connectivity index (χ3n) is 2.21. The Balaban J connectivity index is 2.96. The quantitative estimate of drug-likeness (QED) is 0.811. The van der Waals surface area contributed by atoms with Crippen LogP contribution in [0.25, 0.3) is 0 Å². The van der Waals surface area contributed by atoms with Crippen LogP contribution in [0.3, 0.4) is 0 Å². The first-order chi connectivity index (χ1) is 7.79. The fourth-order valence-electron chi connectivity index (χ4n) is 1.28. The highest BCUT2D eigenvalue weighted by Crippen LogP contribution is 2.17. The van der Waals surface area contributed by atoms with Gasteiger partial charge in [-0.3, -0.25) is 9.52 Å². The summed E-state index contributed by atoms with van der Waals surface area (Å²) in [6.07, 6.45) is 0. The van der Waals surface area contributed by atoms with E-state index in [4.69, 9.17) is 5.14 Å². The largest absolute Gasteiger partial charge is 0.342 e. The van der Waals surface area contributed by atoms with Crippen molar-refractivity contribution in [3.8, 4) is 0 Å². The van der Waals surface area contributed by atoms with Crippen molar-refractivity contribution < 1.29 is 13.2 Å². The number of para-hydroxylation sites is 1. The first-order valence-corrected chi connectivity index (χ1v) is 6.44. The molecule has 6 nitrogen and oxygen atoms in total. The molecule has 0 atom stereocenters. The molecule has 0 aliphatic carbocycles. The Kier molecular flexibility index (Phi) is 4.08. The standard InChI is InChI=1S/C10H15N3O3S/c1-8(14)13(2)7-9-5-3-4-6-10(9)12-17(11,15)16/h3-6,12H,7H2,1-2H3,(H2,11,15,16). The molecule has 1 aromatic carbocycles. The van der Waals surface area contributed by atoms with Gasteiger partial charge in [0, 0.05) is 20.5 Å². The number of amides is 1. The lowest BCUT2D eigenvalue weighted by atomic mass is 10.2. The van der Waals surface area contributed by atoms with E-state index in [2.05, 4.69) is 4.72 Å². The molecule has 1 aromatic rings. The number of benzene rings is 1. The fraction of sp³-hybridized carbons (Fsp3) is 0.300. The second-order valence-corrected chi connectivity index (χ2v) is 4.97. The lowest BCUT2D eigenvalue weighted by Crippen LogP contribution is -2.26.